The third-order valence-electron chi connectivity index (χ3n) is 1.34. The van der Waals surface area contributed by atoms with Crippen LogP contribution in [0.5, 0.6) is 0 Å². The SMILES string of the molecule is CN(C)C=C(C#N)c1ccsc1. The highest BCUT2D eigenvalue weighted by Crippen LogP contribution is 2.16. The van der Waals surface area contributed by atoms with E-state index in [-0.39, 0.29) is 0 Å². The Hall–Kier alpha value is -1.27. The second-order valence-corrected chi connectivity index (χ2v) is 3.41. The van der Waals surface area contributed by atoms with E-state index in [9.17, 15) is 0 Å². The molecule has 1 heterocycles. The van der Waals surface area contributed by atoms with E-state index in [2.05, 4.69) is 6.07 Å². The minimum atomic E-state index is 0.709. The molecule has 0 radical (unpaired) electrons. The van der Waals surface area contributed by atoms with Crippen molar-refractivity contribution in [3.05, 3.63) is 28.6 Å². The molecule has 0 bridgehead atoms. The zero-order valence-corrected chi connectivity index (χ0v) is 7.93. The minimum absolute atomic E-state index is 0.709. The number of rotatable bonds is 2. The summed E-state index contributed by atoms with van der Waals surface area (Å²) in [6.45, 7) is 0. The Morgan fingerprint density at radius 3 is 2.83 bits per heavy atom. The standard InChI is InChI=1S/C9H10N2S/c1-11(2)6-9(5-10)8-3-4-12-7-8/h3-4,6-7H,1-2H3. The summed E-state index contributed by atoms with van der Waals surface area (Å²) in [5.41, 5.74) is 1.71. The van der Waals surface area contributed by atoms with Gasteiger partial charge in [0.1, 0.15) is 6.07 Å². The normalized spacial score (nSPS) is 10.9. The highest BCUT2D eigenvalue weighted by molar-refractivity contribution is 7.08. The summed E-state index contributed by atoms with van der Waals surface area (Å²) < 4.78 is 0. The van der Waals surface area contributed by atoms with E-state index in [1.54, 1.807) is 11.3 Å². The molecule has 0 saturated carbocycles. The molecule has 0 fully saturated rings. The molecular formula is C9H10N2S. The maximum absolute atomic E-state index is 8.81. The predicted octanol–water partition coefficient (Wildman–Crippen LogP) is 2.17. The van der Waals surface area contributed by atoms with Gasteiger partial charge in [-0.3, -0.25) is 0 Å². The lowest BCUT2D eigenvalue weighted by atomic mass is 10.2. The van der Waals surface area contributed by atoms with Crippen molar-refractivity contribution in [3.8, 4) is 6.07 Å². The van der Waals surface area contributed by atoms with E-state index < -0.39 is 0 Å². The maximum atomic E-state index is 8.81. The Morgan fingerprint density at radius 1 is 1.67 bits per heavy atom. The van der Waals surface area contributed by atoms with Gasteiger partial charge in [0.25, 0.3) is 0 Å². The van der Waals surface area contributed by atoms with Crippen molar-refractivity contribution in [1.29, 1.82) is 5.26 Å². The lowest BCUT2D eigenvalue weighted by Crippen LogP contribution is -2.01. The first kappa shape index (κ1) is 8.82. The number of hydrogen-bond donors (Lipinski definition) is 0. The van der Waals surface area contributed by atoms with Gasteiger partial charge in [-0.1, -0.05) is 0 Å². The van der Waals surface area contributed by atoms with Gasteiger partial charge in [-0.2, -0.15) is 16.6 Å². The van der Waals surface area contributed by atoms with Gasteiger partial charge in [0.15, 0.2) is 0 Å². The molecular weight excluding hydrogens is 168 g/mol. The van der Waals surface area contributed by atoms with E-state index in [0.29, 0.717) is 5.57 Å². The van der Waals surface area contributed by atoms with Gasteiger partial charge in [0, 0.05) is 25.9 Å². The van der Waals surface area contributed by atoms with Crippen molar-refractivity contribution in [3.63, 3.8) is 0 Å². The minimum Gasteiger partial charge on any atom is -0.382 e. The average molecular weight is 178 g/mol. The molecule has 0 aliphatic rings. The fraction of sp³-hybridized carbons (Fsp3) is 0.222. The van der Waals surface area contributed by atoms with Crippen LogP contribution in [0.25, 0.3) is 5.57 Å². The Bertz CT molecular complexity index is 304. The van der Waals surface area contributed by atoms with Gasteiger partial charge in [-0.25, -0.2) is 0 Å². The Labute approximate surface area is 76.4 Å². The molecule has 0 atom stereocenters. The van der Waals surface area contributed by atoms with Crippen LogP contribution < -0.4 is 0 Å². The van der Waals surface area contributed by atoms with Crippen molar-refractivity contribution < 1.29 is 0 Å². The van der Waals surface area contributed by atoms with Crippen LogP contribution >= 0.6 is 11.3 Å². The van der Waals surface area contributed by atoms with Crippen LogP contribution in [0.4, 0.5) is 0 Å². The van der Waals surface area contributed by atoms with Crippen LogP contribution in [0.1, 0.15) is 5.56 Å². The fourth-order valence-corrected chi connectivity index (χ4v) is 1.50. The molecule has 0 spiro atoms. The van der Waals surface area contributed by atoms with E-state index >= 15 is 0 Å². The summed E-state index contributed by atoms with van der Waals surface area (Å²) in [6, 6.07) is 4.11. The molecule has 0 amide bonds. The molecule has 0 N–H and O–H groups in total. The summed E-state index contributed by atoms with van der Waals surface area (Å²) in [5.74, 6) is 0. The van der Waals surface area contributed by atoms with Gasteiger partial charge >= 0.3 is 0 Å². The van der Waals surface area contributed by atoms with Crippen LogP contribution in [-0.4, -0.2) is 19.0 Å². The first-order valence-electron chi connectivity index (χ1n) is 3.55. The third kappa shape index (κ3) is 2.11. The van der Waals surface area contributed by atoms with Gasteiger partial charge < -0.3 is 4.90 Å². The Kier molecular flexibility index (Phi) is 2.89. The number of hydrogen-bond acceptors (Lipinski definition) is 3. The third-order valence-corrected chi connectivity index (χ3v) is 2.02. The van der Waals surface area contributed by atoms with Crippen molar-refractivity contribution in [1.82, 2.24) is 4.90 Å². The molecule has 0 unspecified atom stereocenters. The highest BCUT2D eigenvalue weighted by atomic mass is 32.1. The fourth-order valence-electron chi connectivity index (χ4n) is 0.844. The predicted molar refractivity (Wildman–Crippen MR) is 51.6 cm³/mol. The van der Waals surface area contributed by atoms with Crippen molar-refractivity contribution in [2.45, 2.75) is 0 Å². The monoisotopic (exact) mass is 178 g/mol. The molecule has 0 saturated heterocycles. The van der Waals surface area contributed by atoms with Crippen LogP contribution in [0, 0.1) is 11.3 Å². The number of thiophene rings is 1. The molecule has 12 heavy (non-hydrogen) atoms. The van der Waals surface area contributed by atoms with Crippen LogP contribution in [0.3, 0.4) is 0 Å². The molecule has 0 aliphatic heterocycles. The molecule has 3 heteroatoms. The Morgan fingerprint density at radius 2 is 2.42 bits per heavy atom. The van der Waals surface area contributed by atoms with E-state index in [4.69, 9.17) is 5.26 Å². The lowest BCUT2D eigenvalue weighted by molar-refractivity contribution is 0.566. The second-order valence-electron chi connectivity index (χ2n) is 2.63. The average Bonchev–Trinajstić information content (AvgIpc) is 2.51. The molecule has 0 aliphatic carbocycles. The molecule has 0 aromatic carbocycles. The summed E-state index contributed by atoms with van der Waals surface area (Å²) in [6.07, 6.45) is 1.82. The Balaban J connectivity index is 2.93. The number of allylic oxidation sites excluding steroid dienone is 1. The topological polar surface area (TPSA) is 27.0 Å². The van der Waals surface area contributed by atoms with Crippen molar-refractivity contribution in [2.24, 2.45) is 0 Å². The van der Waals surface area contributed by atoms with Crippen molar-refractivity contribution in [2.75, 3.05) is 14.1 Å². The van der Waals surface area contributed by atoms with E-state index in [1.165, 1.54) is 0 Å². The van der Waals surface area contributed by atoms with Crippen molar-refractivity contribution >= 4 is 16.9 Å². The van der Waals surface area contributed by atoms with Gasteiger partial charge in [-0.15, -0.1) is 0 Å². The highest BCUT2D eigenvalue weighted by Gasteiger charge is 1.99. The molecule has 1 aromatic rings. The maximum Gasteiger partial charge on any atom is 0.101 e. The summed E-state index contributed by atoms with van der Waals surface area (Å²) >= 11 is 1.60. The molecule has 62 valence electrons. The number of nitriles is 1. The summed E-state index contributed by atoms with van der Waals surface area (Å²) in [4.78, 5) is 1.87. The molecule has 2 nitrogen and oxygen atoms in total. The van der Waals surface area contributed by atoms with Gasteiger partial charge in [0.2, 0.25) is 0 Å². The summed E-state index contributed by atoms with van der Waals surface area (Å²) in [7, 11) is 3.81. The van der Waals surface area contributed by atoms with E-state index in [0.717, 1.165) is 5.56 Å². The van der Waals surface area contributed by atoms with E-state index in [1.807, 2.05) is 42.0 Å². The first-order chi connectivity index (χ1) is 5.74. The van der Waals surface area contributed by atoms with Crippen LogP contribution in [0.2, 0.25) is 0 Å². The van der Waals surface area contributed by atoms with Crippen LogP contribution in [-0.2, 0) is 0 Å². The quantitative estimate of drug-likeness (QED) is 0.649. The van der Waals surface area contributed by atoms with Gasteiger partial charge in [0.05, 0.1) is 5.57 Å². The summed E-state index contributed by atoms with van der Waals surface area (Å²) in [5, 5.41) is 12.7. The largest absolute Gasteiger partial charge is 0.382 e. The smallest absolute Gasteiger partial charge is 0.101 e. The lowest BCUT2D eigenvalue weighted by Gasteiger charge is -2.04. The van der Waals surface area contributed by atoms with Gasteiger partial charge in [-0.05, 0) is 16.8 Å². The first-order valence-corrected chi connectivity index (χ1v) is 4.49. The number of nitrogens with zero attached hydrogens (tertiary/aromatic N) is 2. The second kappa shape index (κ2) is 3.93. The molecule has 1 rings (SSSR count). The van der Waals surface area contributed by atoms with Crippen LogP contribution in [0.15, 0.2) is 23.0 Å². The molecule has 1 aromatic heterocycles. The zero-order chi connectivity index (χ0) is 8.97. The zero-order valence-electron chi connectivity index (χ0n) is 7.11.